The molecule has 0 unspecified atom stereocenters. The summed E-state index contributed by atoms with van der Waals surface area (Å²) < 4.78 is 5.86. The number of aromatic amines is 1. The Morgan fingerprint density at radius 3 is 2.71 bits per heavy atom. The lowest BCUT2D eigenvalue weighted by atomic mass is 10.2. The molecule has 2 N–H and O–H groups in total. The van der Waals surface area contributed by atoms with Gasteiger partial charge in [-0.2, -0.15) is 15.4 Å². The zero-order chi connectivity index (χ0) is 14.5. The molecular formula is C15H18N4O2. The summed E-state index contributed by atoms with van der Waals surface area (Å²) in [5, 5.41) is 12.5. The molecule has 110 valence electrons. The molecule has 1 heterocycles. The van der Waals surface area contributed by atoms with Crippen molar-refractivity contribution in [2.24, 2.45) is 0 Å². The van der Waals surface area contributed by atoms with E-state index in [1.165, 1.54) is 31.9 Å². The second-order valence-corrected chi connectivity index (χ2v) is 5.22. The molecule has 2 aromatic rings. The topological polar surface area (TPSA) is 79.9 Å². The number of aromatic nitrogens is 3. The van der Waals surface area contributed by atoms with E-state index in [1.54, 1.807) is 0 Å². The number of H-pyrrole nitrogens is 1. The zero-order valence-electron chi connectivity index (χ0n) is 11.7. The fraction of sp³-hybridized carbons (Fsp3) is 0.400. The molecular weight excluding hydrogens is 268 g/mol. The molecule has 3 rings (SSSR count). The van der Waals surface area contributed by atoms with Crippen molar-refractivity contribution in [1.82, 2.24) is 15.4 Å². The quantitative estimate of drug-likeness (QED) is 0.885. The van der Waals surface area contributed by atoms with Gasteiger partial charge in [-0.25, -0.2) is 0 Å². The number of hydrogen-bond donors (Lipinski definition) is 2. The number of amides is 1. The van der Waals surface area contributed by atoms with Gasteiger partial charge in [-0.15, -0.1) is 0 Å². The van der Waals surface area contributed by atoms with Gasteiger partial charge < -0.3 is 10.1 Å². The highest BCUT2D eigenvalue weighted by Crippen LogP contribution is 2.22. The number of nitrogens with zero attached hydrogens (tertiary/aromatic N) is 2. The molecule has 1 fully saturated rings. The van der Waals surface area contributed by atoms with Gasteiger partial charge in [-0.3, -0.25) is 4.79 Å². The van der Waals surface area contributed by atoms with Crippen LogP contribution in [0.4, 0.5) is 5.69 Å². The summed E-state index contributed by atoms with van der Waals surface area (Å²) in [6, 6.07) is 7.66. The largest absolute Gasteiger partial charge is 0.374 e. The molecule has 0 saturated heterocycles. The molecule has 1 aromatic heterocycles. The monoisotopic (exact) mass is 286 g/mol. The molecule has 1 saturated carbocycles. The Bertz CT molecular complexity index is 574. The molecule has 0 radical (unpaired) electrons. The van der Waals surface area contributed by atoms with Crippen LogP contribution in [0.5, 0.6) is 0 Å². The van der Waals surface area contributed by atoms with Crippen LogP contribution in [0.25, 0.3) is 0 Å². The van der Waals surface area contributed by atoms with Gasteiger partial charge in [0.05, 0.1) is 18.9 Å². The fourth-order valence-electron chi connectivity index (χ4n) is 2.46. The van der Waals surface area contributed by atoms with Gasteiger partial charge in [0.1, 0.15) is 0 Å². The van der Waals surface area contributed by atoms with Gasteiger partial charge in [0.15, 0.2) is 5.69 Å². The summed E-state index contributed by atoms with van der Waals surface area (Å²) in [5.41, 5.74) is 2.11. The van der Waals surface area contributed by atoms with Crippen LogP contribution in [-0.4, -0.2) is 27.4 Å². The highest BCUT2D eigenvalue weighted by atomic mass is 16.5. The number of rotatable bonds is 5. The molecule has 6 nitrogen and oxygen atoms in total. The predicted octanol–water partition coefficient (Wildman–Crippen LogP) is 2.52. The van der Waals surface area contributed by atoms with E-state index in [0.29, 0.717) is 12.7 Å². The van der Waals surface area contributed by atoms with E-state index in [-0.39, 0.29) is 11.6 Å². The van der Waals surface area contributed by atoms with Crippen LogP contribution in [0.2, 0.25) is 0 Å². The lowest BCUT2D eigenvalue weighted by Crippen LogP contribution is -2.12. The molecule has 0 bridgehead atoms. The van der Waals surface area contributed by atoms with Crippen molar-refractivity contribution < 1.29 is 9.53 Å². The molecule has 21 heavy (non-hydrogen) atoms. The molecule has 1 aliphatic carbocycles. The third-order valence-electron chi connectivity index (χ3n) is 3.65. The lowest BCUT2D eigenvalue weighted by molar-refractivity contribution is 0.0457. The van der Waals surface area contributed by atoms with Crippen LogP contribution in [0.15, 0.2) is 30.5 Å². The first-order valence-corrected chi connectivity index (χ1v) is 7.19. The highest BCUT2D eigenvalue weighted by Gasteiger charge is 2.15. The summed E-state index contributed by atoms with van der Waals surface area (Å²) in [5.74, 6) is -0.279. The van der Waals surface area contributed by atoms with Gasteiger partial charge in [0, 0.05) is 5.69 Å². The van der Waals surface area contributed by atoms with Crippen molar-refractivity contribution >= 4 is 11.6 Å². The summed E-state index contributed by atoms with van der Waals surface area (Å²) in [6.07, 6.45) is 6.70. The Kier molecular flexibility index (Phi) is 4.25. The molecule has 1 aromatic carbocycles. The second-order valence-electron chi connectivity index (χ2n) is 5.22. The number of carbonyl (C=O) groups excluding carboxylic acids is 1. The maximum Gasteiger partial charge on any atom is 0.277 e. The average Bonchev–Trinajstić information content (AvgIpc) is 3.20. The van der Waals surface area contributed by atoms with Gasteiger partial charge in [-0.1, -0.05) is 25.0 Å². The molecule has 6 heteroatoms. The fourth-order valence-corrected chi connectivity index (χ4v) is 2.46. The van der Waals surface area contributed by atoms with Gasteiger partial charge in [0.25, 0.3) is 5.91 Å². The van der Waals surface area contributed by atoms with Crippen LogP contribution >= 0.6 is 0 Å². The second kappa shape index (κ2) is 6.49. The molecule has 0 spiro atoms. The molecule has 0 atom stereocenters. The molecule has 1 amide bonds. The Balaban J connectivity index is 1.52. The Hall–Kier alpha value is -2.21. The summed E-state index contributed by atoms with van der Waals surface area (Å²) in [6.45, 7) is 0.627. The summed E-state index contributed by atoms with van der Waals surface area (Å²) in [7, 11) is 0. The van der Waals surface area contributed by atoms with Crippen molar-refractivity contribution in [2.75, 3.05) is 5.32 Å². The third-order valence-corrected chi connectivity index (χ3v) is 3.65. The standard InChI is InChI=1S/C15H18N4O2/c20-15(14-9-16-19-18-14)17-12-7-5-11(6-8-12)10-21-13-3-1-2-4-13/h5-9,13H,1-4,10H2,(H,17,20)(H,16,18,19). The van der Waals surface area contributed by atoms with Gasteiger partial charge in [0.2, 0.25) is 0 Å². The van der Waals surface area contributed by atoms with Crippen LogP contribution < -0.4 is 5.32 Å². The Morgan fingerprint density at radius 2 is 2.05 bits per heavy atom. The van der Waals surface area contributed by atoms with Crippen LogP contribution in [-0.2, 0) is 11.3 Å². The van der Waals surface area contributed by atoms with Crippen LogP contribution in [0.1, 0.15) is 41.7 Å². The number of nitrogens with one attached hydrogen (secondary N) is 2. The van der Waals surface area contributed by atoms with Crippen molar-refractivity contribution in [1.29, 1.82) is 0 Å². The van der Waals surface area contributed by atoms with E-state index >= 15 is 0 Å². The normalized spacial score (nSPS) is 15.2. The summed E-state index contributed by atoms with van der Waals surface area (Å²) >= 11 is 0. The van der Waals surface area contributed by atoms with E-state index < -0.39 is 0 Å². The van der Waals surface area contributed by atoms with Crippen LogP contribution in [0, 0.1) is 0 Å². The van der Waals surface area contributed by atoms with Crippen molar-refractivity contribution in [3.05, 3.63) is 41.7 Å². The Morgan fingerprint density at radius 1 is 1.29 bits per heavy atom. The molecule has 1 aliphatic rings. The highest BCUT2D eigenvalue weighted by molar-refractivity contribution is 6.02. The number of ether oxygens (including phenoxy) is 1. The van der Waals surface area contributed by atoms with Crippen LogP contribution in [0.3, 0.4) is 0 Å². The maximum absolute atomic E-state index is 11.8. The van der Waals surface area contributed by atoms with E-state index in [0.717, 1.165) is 11.3 Å². The van der Waals surface area contributed by atoms with E-state index in [2.05, 4.69) is 20.7 Å². The minimum Gasteiger partial charge on any atom is -0.374 e. The van der Waals surface area contributed by atoms with Crippen molar-refractivity contribution in [3.8, 4) is 0 Å². The number of benzene rings is 1. The zero-order valence-corrected chi connectivity index (χ0v) is 11.7. The van der Waals surface area contributed by atoms with E-state index in [1.807, 2.05) is 24.3 Å². The lowest BCUT2D eigenvalue weighted by Gasteiger charge is -2.11. The Labute approximate surface area is 122 Å². The van der Waals surface area contributed by atoms with Gasteiger partial charge in [-0.05, 0) is 30.5 Å². The van der Waals surface area contributed by atoms with Crippen molar-refractivity contribution in [2.45, 2.75) is 38.4 Å². The number of anilines is 1. The first kappa shape index (κ1) is 13.8. The SMILES string of the molecule is O=C(Nc1ccc(COC2CCCC2)cc1)c1cn[nH]n1. The van der Waals surface area contributed by atoms with Gasteiger partial charge >= 0.3 is 0 Å². The molecule has 0 aliphatic heterocycles. The summed E-state index contributed by atoms with van der Waals surface area (Å²) in [4.78, 5) is 11.8. The first-order valence-electron chi connectivity index (χ1n) is 7.19. The number of hydrogen-bond acceptors (Lipinski definition) is 4. The minimum atomic E-state index is -0.279. The minimum absolute atomic E-state index is 0.267. The average molecular weight is 286 g/mol. The van der Waals surface area contributed by atoms with E-state index in [4.69, 9.17) is 4.74 Å². The predicted molar refractivity (Wildman–Crippen MR) is 77.8 cm³/mol. The first-order chi connectivity index (χ1) is 10.3. The van der Waals surface area contributed by atoms with E-state index in [9.17, 15) is 4.79 Å². The third kappa shape index (κ3) is 3.66. The smallest absolute Gasteiger partial charge is 0.277 e. The number of carbonyl (C=O) groups is 1. The van der Waals surface area contributed by atoms with Crippen molar-refractivity contribution in [3.63, 3.8) is 0 Å². The maximum atomic E-state index is 11.8.